The third kappa shape index (κ3) is 3.94. The Morgan fingerprint density at radius 2 is 0.648 bits per heavy atom. The van der Waals surface area contributed by atoms with E-state index in [0.717, 1.165) is 32.9 Å². The minimum absolute atomic E-state index is 0.607. The van der Waals surface area contributed by atoms with Gasteiger partial charge in [0.2, 0.25) is 0 Å². The highest BCUT2D eigenvalue weighted by atomic mass is 16.4. The molecule has 11 rings (SSSR count). The number of hydrogen-bond acceptors (Lipinski definition) is 2. The van der Waals surface area contributed by atoms with Gasteiger partial charge in [0.15, 0.2) is 0 Å². The molecule has 0 bridgehead atoms. The van der Waals surface area contributed by atoms with Gasteiger partial charge < -0.3 is 14.5 Å². The Labute approximate surface area is 314 Å². The summed E-state index contributed by atoms with van der Waals surface area (Å²) in [6.07, 6.45) is 0. The molecule has 4 heteroatoms. The summed E-state index contributed by atoms with van der Waals surface area (Å²) in [6, 6.07) is 69.4. The normalized spacial score (nSPS) is 14.4. The number of aromatic nitrogens is 1. The first-order valence-corrected chi connectivity index (χ1v) is 18.6. The van der Waals surface area contributed by atoms with Crippen LogP contribution in [0.25, 0.3) is 44.1 Å². The highest BCUT2D eigenvalue weighted by Crippen LogP contribution is 2.58. The van der Waals surface area contributed by atoms with Crippen molar-refractivity contribution in [2.24, 2.45) is 0 Å². The van der Waals surface area contributed by atoms with Gasteiger partial charge in [-0.1, -0.05) is 182 Å². The summed E-state index contributed by atoms with van der Waals surface area (Å²) in [5, 5.41) is 24.6. The van der Waals surface area contributed by atoms with Crippen molar-refractivity contribution in [2.75, 3.05) is 0 Å². The third-order valence-corrected chi connectivity index (χ3v) is 12.2. The third-order valence-electron chi connectivity index (χ3n) is 12.2. The Bertz CT molecular complexity index is 2640. The number of fused-ring (bicyclic) bond motifs is 9. The van der Waals surface area contributed by atoms with E-state index in [1.165, 1.54) is 55.6 Å². The molecule has 1 aromatic heterocycles. The van der Waals surface area contributed by atoms with E-state index < -0.39 is 18.1 Å². The van der Waals surface area contributed by atoms with Crippen molar-refractivity contribution >= 4 is 29.1 Å². The van der Waals surface area contributed by atoms with E-state index >= 15 is 0 Å². The molecular weight excluding hydrogens is 657 g/mol. The molecule has 0 fully saturated rings. The van der Waals surface area contributed by atoms with Crippen LogP contribution >= 0.6 is 0 Å². The first-order chi connectivity index (χ1) is 26.6. The Morgan fingerprint density at radius 3 is 0.981 bits per heavy atom. The number of benzene rings is 8. The van der Waals surface area contributed by atoms with Crippen LogP contribution in [-0.4, -0.2) is 21.8 Å². The molecule has 2 aliphatic carbocycles. The predicted octanol–water partition coefficient (Wildman–Crippen LogP) is 10.3. The van der Waals surface area contributed by atoms with Crippen molar-refractivity contribution < 1.29 is 10.0 Å². The number of nitrogens with zero attached hydrogens (tertiary/aromatic N) is 1. The van der Waals surface area contributed by atoms with Crippen molar-refractivity contribution in [3.63, 3.8) is 0 Å². The summed E-state index contributed by atoms with van der Waals surface area (Å²) in [6.45, 7) is 0. The van der Waals surface area contributed by atoms with Crippen LogP contribution in [0.15, 0.2) is 194 Å². The highest BCUT2D eigenvalue weighted by Gasteiger charge is 2.48. The van der Waals surface area contributed by atoms with Crippen molar-refractivity contribution in [1.82, 2.24) is 4.48 Å². The summed E-state index contributed by atoms with van der Waals surface area (Å²) < 4.78 is 1.70. The van der Waals surface area contributed by atoms with Crippen LogP contribution in [0.1, 0.15) is 44.5 Å². The fourth-order valence-electron chi connectivity index (χ4n) is 10.2. The summed E-state index contributed by atoms with van der Waals surface area (Å²) in [5.74, 6) is 0. The van der Waals surface area contributed by atoms with Crippen molar-refractivity contribution in [3.05, 3.63) is 239 Å². The molecule has 3 nitrogen and oxygen atoms in total. The lowest BCUT2D eigenvalue weighted by Crippen LogP contribution is -2.29. The molecule has 0 amide bonds. The van der Waals surface area contributed by atoms with Gasteiger partial charge in [0.1, 0.15) is 0 Å². The lowest BCUT2D eigenvalue weighted by atomic mass is 9.67. The lowest BCUT2D eigenvalue weighted by Gasteiger charge is -2.34. The SMILES string of the molecule is OB(O)n1c2cc(C3(c4ccccc4)c4ccccc4-c4ccccc43)ccc2c2ccc(C3(c4ccccc4)c4ccccc4-c4ccccc43)cc21. The van der Waals surface area contributed by atoms with Crippen molar-refractivity contribution in [3.8, 4) is 22.3 Å². The van der Waals surface area contributed by atoms with Gasteiger partial charge in [0, 0.05) is 21.8 Å². The van der Waals surface area contributed by atoms with Crippen LogP contribution in [0.5, 0.6) is 0 Å². The average molecular weight is 692 g/mol. The Hall–Kier alpha value is -6.46. The van der Waals surface area contributed by atoms with E-state index in [-0.39, 0.29) is 0 Å². The molecule has 254 valence electrons. The fourth-order valence-corrected chi connectivity index (χ4v) is 10.2. The average Bonchev–Trinajstić information content (AvgIpc) is 3.84. The number of hydrogen-bond donors (Lipinski definition) is 2. The van der Waals surface area contributed by atoms with E-state index in [0.29, 0.717) is 0 Å². The maximum Gasteiger partial charge on any atom is 0.592 e. The predicted molar refractivity (Wildman–Crippen MR) is 220 cm³/mol. The maximum atomic E-state index is 11.3. The molecule has 0 aliphatic heterocycles. The van der Waals surface area contributed by atoms with E-state index in [1.54, 1.807) is 4.48 Å². The zero-order valence-electron chi connectivity index (χ0n) is 29.4. The second-order valence-corrected chi connectivity index (χ2v) is 14.6. The van der Waals surface area contributed by atoms with Crippen molar-refractivity contribution in [2.45, 2.75) is 10.8 Å². The molecule has 1 heterocycles. The zero-order valence-corrected chi connectivity index (χ0v) is 29.4. The zero-order chi connectivity index (χ0) is 36.0. The second kappa shape index (κ2) is 11.5. The molecule has 9 aromatic rings. The molecule has 54 heavy (non-hydrogen) atoms. The van der Waals surface area contributed by atoms with Gasteiger partial charge in [-0.05, 0) is 78.9 Å². The molecule has 2 N–H and O–H groups in total. The molecule has 0 radical (unpaired) electrons. The first-order valence-electron chi connectivity index (χ1n) is 18.6. The topological polar surface area (TPSA) is 45.4 Å². The van der Waals surface area contributed by atoms with Gasteiger partial charge in [0.05, 0.1) is 10.8 Å². The maximum absolute atomic E-state index is 11.3. The monoisotopic (exact) mass is 691 g/mol. The highest BCUT2D eigenvalue weighted by molar-refractivity contribution is 6.44. The van der Waals surface area contributed by atoms with Crippen LogP contribution in [0.4, 0.5) is 0 Å². The van der Waals surface area contributed by atoms with Gasteiger partial charge in [0.25, 0.3) is 0 Å². The fraction of sp³-hybridized carbons (Fsp3) is 0.0400. The van der Waals surface area contributed by atoms with Crippen LogP contribution in [0.2, 0.25) is 0 Å². The molecule has 2 aliphatic rings. The van der Waals surface area contributed by atoms with Gasteiger partial charge in [-0.3, -0.25) is 0 Å². The van der Waals surface area contributed by atoms with E-state index in [9.17, 15) is 10.0 Å². The van der Waals surface area contributed by atoms with Gasteiger partial charge in [-0.25, -0.2) is 0 Å². The minimum Gasteiger partial charge on any atom is -0.407 e. The molecule has 0 unspecified atom stereocenters. The first kappa shape index (κ1) is 31.1. The second-order valence-electron chi connectivity index (χ2n) is 14.6. The molecule has 0 atom stereocenters. The van der Waals surface area contributed by atoms with Crippen LogP contribution < -0.4 is 0 Å². The molecule has 0 saturated heterocycles. The molecule has 0 spiro atoms. The van der Waals surface area contributed by atoms with Gasteiger partial charge in [-0.15, -0.1) is 0 Å². The summed E-state index contributed by atoms with van der Waals surface area (Å²) in [7, 11) is -1.76. The summed E-state index contributed by atoms with van der Waals surface area (Å²) in [4.78, 5) is 0. The van der Waals surface area contributed by atoms with E-state index in [2.05, 4.69) is 194 Å². The molecular formula is C50H34BNO2. The smallest absolute Gasteiger partial charge is 0.407 e. The quantitative estimate of drug-likeness (QED) is 0.177. The van der Waals surface area contributed by atoms with E-state index in [1.807, 2.05) is 0 Å². The summed E-state index contributed by atoms with van der Waals surface area (Å²) in [5.41, 5.74) is 14.5. The molecule has 8 aromatic carbocycles. The van der Waals surface area contributed by atoms with Crippen LogP contribution in [0, 0.1) is 0 Å². The minimum atomic E-state index is -1.76. The van der Waals surface area contributed by atoms with Crippen LogP contribution in [0.3, 0.4) is 0 Å². The van der Waals surface area contributed by atoms with Crippen LogP contribution in [-0.2, 0) is 10.8 Å². The molecule has 0 saturated carbocycles. The van der Waals surface area contributed by atoms with Gasteiger partial charge >= 0.3 is 7.25 Å². The lowest BCUT2D eigenvalue weighted by molar-refractivity contribution is 0.396. The van der Waals surface area contributed by atoms with Gasteiger partial charge in [-0.2, -0.15) is 0 Å². The Morgan fingerprint density at radius 1 is 0.333 bits per heavy atom. The van der Waals surface area contributed by atoms with E-state index in [4.69, 9.17) is 0 Å². The largest absolute Gasteiger partial charge is 0.592 e. The Balaban J connectivity index is 1.22. The number of rotatable bonds is 5. The van der Waals surface area contributed by atoms with Crippen molar-refractivity contribution in [1.29, 1.82) is 0 Å². The standard InChI is InChI=1S/C50H34BNO2/c53-51(54)52-47-31-35(49(33-15-3-1-4-16-33)43-23-11-7-19-37(43)38-20-8-12-24-44(38)49)27-29-41(47)42-30-28-36(32-48(42)52)50(34-17-5-2-6-18-34)45-25-13-9-21-39(45)40-22-10-14-26-46(40)50/h1-32,53-54H. The summed E-state index contributed by atoms with van der Waals surface area (Å²) >= 11 is 0. The Kier molecular flexibility index (Phi) is 6.64.